The van der Waals surface area contributed by atoms with Gasteiger partial charge < -0.3 is 10.2 Å². The number of aryl methyl sites for hydroxylation is 2. The molecule has 0 fully saturated rings. The molecule has 0 aliphatic heterocycles. The molecular formula is C20H22FN3O2. The number of aliphatic hydroxyl groups excluding tert-OH is 2. The Morgan fingerprint density at radius 3 is 2.42 bits per heavy atom. The smallest absolute Gasteiger partial charge is 0.183 e. The number of benzene rings is 2. The van der Waals surface area contributed by atoms with Crippen LogP contribution in [-0.2, 0) is 19.4 Å². The molecule has 1 heterocycles. The lowest BCUT2D eigenvalue weighted by Crippen LogP contribution is -2.09. The summed E-state index contributed by atoms with van der Waals surface area (Å²) in [5.41, 5.74) is 1.79. The number of hydrogen-bond acceptors (Lipinski definition) is 4. The van der Waals surface area contributed by atoms with Gasteiger partial charge in [-0.05, 0) is 36.1 Å². The van der Waals surface area contributed by atoms with Gasteiger partial charge in [0.05, 0.1) is 13.2 Å². The van der Waals surface area contributed by atoms with E-state index in [0.29, 0.717) is 18.8 Å². The van der Waals surface area contributed by atoms with Gasteiger partial charge in [-0.25, -0.2) is 14.1 Å². The van der Waals surface area contributed by atoms with Crippen LogP contribution in [0.5, 0.6) is 0 Å². The zero-order valence-electron chi connectivity index (χ0n) is 14.4. The summed E-state index contributed by atoms with van der Waals surface area (Å²) in [4.78, 5) is 4.48. The molecule has 3 aromatic rings. The Balaban J connectivity index is 1.69. The Labute approximate surface area is 151 Å². The van der Waals surface area contributed by atoms with Gasteiger partial charge in [0.15, 0.2) is 5.82 Å². The second kappa shape index (κ2) is 8.69. The average Bonchev–Trinajstić information content (AvgIpc) is 3.07. The number of rotatable bonds is 8. The van der Waals surface area contributed by atoms with Gasteiger partial charge in [0.2, 0.25) is 0 Å². The summed E-state index contributed by atoms with van der Waals surface area (Å²) in [6, 6.07) is 15.7. The maximum Gasteiger partial charge on any atom is 0.183 e. The van der Waals surface area contributed by atoms with E-state index in [1.165, 1.54) is 12.1 Å². The summed E-state index contributed by atoms with van der Waals surface area (Å²) in [5, 5.41) is 24.1. The minimum Gasteiger partial charge on any atom is -0.394 e. The van der Waals surface area contributed by atoms with Crippen LogP contribution in [0.3, 0.4) is 0 Å². The predicted octanol–water partition coefficient (Wildman–Crippen LogP) is 2.67. The molecule has 26 heavy (non-hydrogen) atoms. The van der Waals surface area contributed by atoms with E-state index in [1.807, 2.05) is 30.3 Å². The molecule has 5 nitrogen and oxygen atoms in total. The fourth-order valence-electron chi connectivity index (χ4n) is 2.85. The Morgan fingerprint density at radius 2 is 1.73 bits per heavy atom. The summed E-state index contributed by atoms with van der Waals surface area (Å²) in [7, 11) is 0. The second-order valence-corrected chi connectivity index (χ2v) is 6.13. The van der Waals surface area contributed by atoms with Gasteiger partial charge in [-0.1, -0.05) is 42.5 Å². The zero-order valence-corrected chi connectivity index (χ0v) is 14.4. The standard InChI is InChI=1S/C20H22FN3O2/c21-17-11-9-15(10-12-17)5-4-8-18-22-20(23-24(18)13-14-25)19(26)16-6-2-1-3-7-16/h1-3,6-7,9-12,19,25-26H,4-5,8,13-14H2/t19-/m1/s1. The quantitative estimate of drug-likeness (QED) is 0.652. The first-order chi connectivity index (χ1) is 12.7. The fourth-order valence-corrected chi connectivity index (χ4v) is 2.85. The molecule has 0 unspecified atom stereocenters. The van der Waals surface area contributed by atoms with Crippen molar-refractivity contribution in [3.05, 3.63) is 83.2 Å². The Morgan fingerprint density at radius 1 is 1.00 bits per heavy atom. The molecule has 0 amide bonds. The van der Waals surface area contributed by atoms with Crippen LogP contribution in [0.25, 0.3) is 0 Å². The van der Waals surface area contributed by atoms with Gasteiger partial charge in [0.1, 0.15) is 17.7 Å². The second-order valence-electron chi connectivity index (χ2n) is 6.13. The van der Waals surface area contributed by atoms with E-state index in [1.54, 1.807) is 16.8 Å². The molecule has 2 N–H and O–H groups in total. The molecule has 0 aliphatic carbocycles. The van der Waals surface area contributed by atoms with Crippen LogP contribution in [0, 0.1) is 5.82 Å². The van der Waals surface area contributed by atoms with Crippen molar-refractivity contribution in [1.29, 1.82) is 0 Å². The van der Waals surface area contributed by atoms with Crippen molar-refractivity contribution in [2.24, 2.45) is 0 Å². The van der Waals surface area contributed by atoms with Crippen LogP contribution in [0.1, 0.15) is 35.3 Å². The maximum atomic E-state index is 13.0. The van der Waals surface area contributed by atoms with Crippen molar-refractivity contribution in [2.75, 3.05) is 6.61 Å². The lowest BCUT2D eigenvalue weighted by atomic mass is 10.1. The minimum absolute atomic E-state index is 0.0464. The Kier molecular flexibility index (Phi) is 6.09. The van der Waals surface area contributed by atoms with E-state index in [9.17, 15) is 14.6 Å². The van der Waals surface area contributed by atoms with Crippen LogP contribution in [0.2, 0.25) is 0 Å². The summed E-state index contributed by atoms with van der Waals surface area (Å²) >= 11 is 0. The first kappa shape index (κ1) is 18.2. The molecule has 1 aromatic heterocycles. The van der Waals surface area contributed by atoms with Crippen LogP contribution in [-0.4, -0.2) is 31.6 Å². The zero-order chi connectivity index (χ0) is 18.4. The molecule has 1 atom stereocenters. The molecule has 0 radical (unpaired) electrons. The third-order valence-electron chi connectivity index (χ3n) is 4.22. The van der Waals surface area contributed by atoms with Crippen LogP contribution >= 0.6 is 0 Å². The molecule has 0 saturated carbocycles. The number of nitrogens with zero attached hydrogens (tertiary/aromatic N) is 3. The SMILES string of the molecule is OCCn1nc([C@H](O)c2ccccc2)nc1CCCc1ccc(F)cc1. The topological polar surface area (TPSA) is 71.2 Å². The van der Waals surface area contributed by atoms with E-state index in [-0.39, 0.29) is 12.4 Å². The van der Waals surface area contributed by atoms with E-state index in [2.05, 4.69) is 10.1 Å². The van der Waals surface area contributed by atoms with Crippen molar-refractivity contribution >= 4 is 0 Å². The lowest BCUT2D eigenvalue weighted by molar-refractivity contribution is 0.208. The molecular weight excluding hydrogens is 333 g/mol. The predicted molar refractivity (Wildman–Crippen MR) is 96.0 cm³/mol. The van der Waals surface area contributed by atoms with Crippen LogP contribution in [0.4, 0.5) is 4.39 Å². The molecule has 2 aromatic carbocycles. The summed E-state index contributed by atoms with van der Waals surface area (Å²) in [5.74, 6) is 0.823. The van der Waals surface area contributed by atoms with E-state index in [0.717, 1.165) is 29.8 Å². The van der Waals surface area contributed by atoms with Crippen molar-refractivity contribution in [3.63, 3.8) is 0 Å². The number of aliphatic hydroxyl groups is 2. The Bertz CT molecular complexity index is 819. The summed E-state index contributed by atoms with van der Waals surface area (Å²) in [6.45, 7) is 0.287. The monoisotopic (exact) mass is 355 g/mol. The van der Waals surface area contributed by atoms with E-state index in [4.69, 9.17) is 0 Å². The molecule has 0 saturated heterocycles. The highest BCUT2D eigenvalue weighted by atomic mass is 19.1. The van der Waals surface area contributed by atoms with Gasteiger partial charge >= 0.3 is 0 Å². The van der Waals surface area contributed by atoms with Crippen molar-refractivity contribution < 1.29 is 14.6 Å². The van der Waals surface area contributed by atoms with Crippen molar-refractivity contribution in [3.8, 4) is 0 Å². The maximum absolute atomic E-state index is 13.0. The third-order valence-corrected chi connectivity index (χ3v) is 4.22. The third kappa shape index (κ3) is 4.53. The van der Waals surface area contributed by atoms with Crippen molar-refractivity contribution in [1.82, 2.24) is 14.8 Å². The molecule has 0 aliphatic rings. The first-order valence-corrected chi connectivity index (χ1v) is 8.69. The number of aromatic nitrogens is 3. The largest absolute Gasteiger partial charge is 0.394 e. The van der Waals surface area contributed by atoms with Gasteiger partial charge in [0.25, 0.3) is 0 Å². The number of hydrogen-bond donors (Lipinski definition) is 2. The van der Waals surface area contributed by atoms with E-state index >= 15 is 0 Å². The van der Waals surface area contributed by atoms with Crippen LogP contribution in [0.15, 0.2) is 54.6 Å². The van der Waals surface area contributed by atoms with Gasteiger partial charge in [-0.2, -0.15) is 5.10 Å². The van der Waals surface area contributed by atoms with Gasteiger partial charge in [-0.15, -0.1) is 0 Å². The number of halogens is 1. The summed E-state index contributed by atoms with van der Waals surface area (Å²) < 4.78 is 14.6. The highest BCUT2D eigenvalue weighted by Gasteiger charge is 2.18. The average molecular weight is 355 g/mol. The fraction of sp³-hybridized carbons (Fsp3) is 0.300. The molecule has 3 rings (SSSR count). The molecule has 136 valence electrons. The van der Waals surface area contributed by atoms with E-state index < -0.39 is 6.10 Å². The lowest BCUT2D eigenvalue weighted by Gasteiger charge is -2.05. The minimum atomic E-state index is -0.896. The molecule has 0 spiro atoms. The first-order valence-electron chi connectivity index (χ1n) is 8.69. The highest BCUT2D eigenvalue weighted by molar-refractivity contribution is 5.22. The normalized spacial score (nSPS) is 12.3. The van der Waals surface area contributed by atoms with Gasteiger partial charge in [0, 0.05) is 6.42 Å². The molecule has 6 heteroatoms. The Hall–Kier alpha value is -2.57. The van der Waals surface area contributed by atoms with Gasteiger partial charge in [-0.3, -0.25) is 0 Å². The van der Waals surface area contributed by atoms with Crippen LogP contribution < -0.4 is 0 Å². The van der Waals surface area contributed by atoms with Crippen molar-refractivity contribution in [2.45, 2.75) is 31.9 Å². The highest BCUT2D eigenvalue weighted by Crippen LogP contribution is 2.19. The molecule has 0 bridgehead atoms. The summed E-state index contributed by atoms with van der Waals surface area (Å²) in [6.07, 6.45) is 1.37.